The quantitative estimate of drug-likeness (QED) is 0.545. The van der Waals surface area contributed by atoms with Crippen molar-refractivity contribution in [1.82, 2.24) is 4.98 Å². The summed E-state index contributed by atoms with van der Waals surface area (Å²) in [7, 11) is 0. The van der Waals surface area contributed by atoms with Gasteiger partial charge in [-0.2, -0.15) is 0 Å². The zero-order valence-corrected chi connectivity index (χ0v) is 13.2. The highest BCUT2D eigenvalue weighted by Crippen LogP contribution is 2.32. The number of aromatic amines is 1. The van der Waals surface area contributed by atoms with Crippen molar-refractivity contribution in [3.63, 3.8) is 0 Å². The SMILES string of the molecule is CSc1ccc(-c2[nH]c3cc(C)cc(C)c3c2C=O)cc1. The number of carbonyl (C=O) groups excluding carboxylic acids is 1. The number of benzene rings is 2. The Morgan fingerprint density at radius 2 is 1.81 bits per heavy atom. The number of H-pyrrole nitrogens is 1. The van der Waals surface area contributed by atoms with E-state index in [0.717, 1.165) is 39.6 Å². The lowest BCUT2D eigenvalue weighted by atomic mass is 10.0. The van der Waals surface area contributed by atoms with E-state index in [2.05, 4.69) is 61.5 Å². The largest absolute Gasteiger partial charge is 0.354 e. The first-order valence-corrected chi connectivity index (χ1v) is 8.09. The van der Waals surface area contributed by atoms with Crippen LogP contribution < -0.4 is 0 Å². The van der Waals surface area contributed by atoms with Crippen LogP contribution in [0.4, 0.5) is 0 Å². The first-order valence-electron chi connectivity index (χ1n) is 6.86. The fourth-order valence-corrected chi connectivity index (χ4v) is 3.26. The summed E-state index contributed by atoms with van der Waals surface area (Å²) in [6.45, 7) is 4.12. The average Bonchev–Trinajstić information content (AvgIpc) is 2.85. The fourth-order valence-electron chi connectivity index (χ4n) is 2.85. The maximum atomic E-state index is 11.6. The molecule has 0 unspecified atom stereocenters. The van der Waals surface area contributed by atoms with Gasteiger partial charge in [-0.3, -0.25) is 4.79 Å². The molecule has 0 saturated heterocycles. The second-order valence-electron chi connectivity index (χ2n) is 5.26. The summed E-state index contributed by atoms with van der Waals surface area (Å²) < 4.78 is 0. The molecular formula is C18H17NOS. The molecule has 0 aliphatic heterocycles. The lowest BCUT2D eigenvalue weighted by Gasteiger charge is -2.02. The highest BCUT2D eigenvalue weighted by atomic mass is 32.2. The molecule has 2 aromatic carbocycles. The second kappa shape index (κ2) is 5.41. The maximum Gasteiger partial charge on any atom is 0.152 e. The molecule has 1 N–H and O–H groups in total. The van der Waals surface area contributed by atoms with Gasteiger partial charge in [0.2, 0.25) is 0 Å². The van der Waals surface area contributed by atoms with E-state index in [1.165, 1.54) is 10.5 Å². The van der Waals surface area contributed by atoms with Crippen LogP contribution >= 0.6 is 11.8 Å². The number of rotatable bonds is 3. The van der Waals surface area contributed by atoms with E-state index in [0.29, 0.717) is 0 Å². The monoisotopic (exact) mass is 295 g/mol. The van der Waals surface area contributed by atoms with Gasteiger partial charge in [0.05, 0.1) is 5.69 Å². The van der Waals surface area contributed by atoms with Crippen molar-refractivity contribution in [1.29, 1.82) is 0 Å². The smallest absolute Gasteiger partial charge is 0.152 e. The molecular weight excluding hydrogens is 278 g/mol. The zero-order valence-electron chi connectivity index (χ0n) is 12.4. The van der Waals surface area contributed by atoms with Crippen molar-refractivity contribution in [3.05, 3.63) is 53.1 Å². The number of carbonyl (C=O) groups is 1. The van der Waals surface area contributed by atoms with Gasteiger partial charge in [-0.05, 0) is 55.0 Å². The number of aromatic nitrogens is 1. The number of thioether (sulfide) groups is 1. The van der Waals surface area contributed by atoms with Crippen LogP contribution in [0, 0.1) is 13.8 Å². The molecule has 3 rings (SSSR count). The molecule has 0 fully saturated rings. The van der Waals surface area contributed by atoms with Crippen molar-refractivity contribution in [2.24, 2.45) is 0 Å². The summed E-state index contributed by atoms with van der Waals surface area (Å²) in [4.78, 5) is 16.2. The summed E-state index contributed by atoms with van der Waals surface area (Å²) in [5.41, 5.74) is 6.06. The molecule has 0 bridgehead atoms. The predicted molar refractivity (Wildman–Crippen MR) is 90.4 cm³/mol. The molecule has 1 aromatic heterocycles. The summed E-state index contributed by atoms with van der Waals surface area (Å²) in [5.74, 6) is 0. The number of fused-ring (bicyclic) bond motifs is 1. The maximum absolute atomic E-state index is 11.6. The molecule has 106 valence electrons. The fraction of sp³-hybridized carbons (Fsp3) is 0.167. The van der Waals surface area contributed by atoms with Crippen LogP contribution in [0.25, 0.3) is 22.2 Å². The molecule has 3 heteroatoms. The van der Waals surface area contributed by atoms with Gasteiger partial charge in [-0.25, -0.2) is 0 Å². The highest BCUT2D eigenvalue weighted by molar-refractivity contribution is 7.98. The Morgan fingerprint density at radius 3 is 2.43 bits per heavy atom. The molecule has 0 aliphatic carbocycles. The van der Waals surface area contributed by atoms with Crippen molar-refractivity contribution in [3.8, 4) is 11.3 Å². The van der Waals surface area contributed by atoms with E-state index in [1.807, 2.05) is 0 Å². The average molecular weight is 295 g/mol. The summed E-state index contributed by atoms with van der Waals surface area (Å²) in [6, 6.07) is 12.5. The number of aldehydes is 1. The first kappa shape index (κ1) is 14.0. The molecule has 2 nitrogen and oxygen atoms in total. The van der Waals surface area contributed by atoms with Gasteiger partial charge in [-0.1, -0.05) is 18.2 Å². The molecule has 0 atom stereocenters. The van der Waals surface area contributed by atoms with Gasteiger partial charge < -0.3 is 4.98 Å². The van der Waals surface area contributed by atoms with Crippen LogP contribution in [0.2, 0.25) is 0 Å². The van der Waals surface area contributed by atoms with Gasteiger partial charge in [0.25, 0.3) is 0 Å². The van der Waals surface area contributed by atoms with Gasteiger partial charge in [-0.15, -0.1) is 11.8 Å². The van der Waals surface area contributed by atoms with Crippen LogP contribution in [0.1, 0.15) is 21.5 Å². The minimum Gasteiger partial charge on any atom is -0.354 e. The van der Waals surface area contributed by atoms with Crippen LogP contribution in [0.15, 0.2) is 41.3 Å². The Bertz CT molecular complexity index is 815. The first-order chi connectivity index (χ1) is 10.1. The van der Waals surface area contributed by atoms with E-state index >= 15 is 0 Å². The third kappa shape index (κ3) is 2.38. The lowest BCUT2D eigenvalue weighted by molar-refractivity contribution is 0.112. The van der Waals surface area contributed by atoms with E-state index in [1.54, 1.807) is 11.8 Å². The van der Waals surface area contributed by atoms with Gasteiger partial charge >= 0.3 is 0 Å². The Morgan fingerprint density at radius 1 is 1.10 bits per heavy atom. The van der Waals surface area contributed by atoms with E-state index in [-0.39, 0.29) is 0 Å². The van der Waals surface area contributed by atoms with Crippen molar-refractivity contribution >= 4 is 29.0 Å². The summed E-state index contributed by atoms with van der Waals surface area (Å²) in [5, 5.41) is 1.03. The third-order valence-corrected chi connectivity index (χ3v) is 4.52. The van der Waals surface area contributed by atoms with E-state index < -0.39 is 0 Å². The Kier molecular flexibility index (Phi) is 3.60. The molecule has 1 heterocycles. The number of hydrogen-bond acceptors (Lipinski definition) is 2. The van der Waals surface area contributed by atoms with Gasteiger partial charge in [0.15, 0.2) is 6.29 Å². The molecule has 21 heavy (non-hydrogen) atoms. The zero-order chi connectivity index (χ0) is 15.0. The Hall–Kier alpha value is -2.00. The molecule has 0 radical (unpaired) electrons. The van der Waals surface area contributed by atoms with E-state index in [9.17, 15) is 4.79 Å². The van der Waals surface area contributed by atoms with Crippen LogP contribution in [-0.4, -0.2) is 17.5 Å². The molecule has 0 saturated carbocycles. The molecule has 0 spiro atoms. The number of nitrogens with one attached hydrogen (secondary N) is 1. The third-order valence-electron chi connectivity index (χ3n) is 3.77. The standard InChI is InChI=1S/C18H17NOS/c1-11-8-12(2)17-15(10-20)18(19-16(17)9-11)13-4-6-14(21-3)7-5-13/h4-10,19H,1-3H3. The Labute approximate surface area is 128 Å². The summed E-state index contributed by atoms with van der Waals surface area (Å²) >= 11 is 1.71. The number of hydrogen-bond donors (Lipinski definition) is 1. The second-order valence-corrected chi connectivity index (χ2v) is 6.14. The number of aryl methyl sites for hydroxylation is 2. The van der Waals surface area contributed by atoms with Crippen LogP contribution in [0.5, 0.6) is 0 Å². The van der Waals surface area contributed by atoms with Crippen LogP contribution in [0.3, 0.4) is 0 Å². The van der Waals surface area contributed by atoms with Crippen molar-refractivity contribution in [2.75, 3.05) is 6.26 Å². The van der Waals surface area contributed by atoms with Crippen LogP contribution in [-0.2, 0) is 0 Å². The lowest BCUT2D eigenvalue weighted by Crippen LogP contribution is -1.86. The predicted octanol–water partition coefficient (Wildman–Crippen LogP) is 4.99. The van der Waals surface area contributed by atoms with Gasteiger partial charge in [0, 0.05) is 21.4 Å². The highest BCUT2D eigenvalue weighted by Gasteiger charge is 2.14. The molecule has 0 amide bonds. The Balaban J connectivity index is 2.26. The minimum absolute atomic E-state index is 0.749. The van der Waals surface area contributed by atoms with Gasteiger partial charge in [0.1, 0.15) is 0 Å². The van der Waals surface area contributed by atoms with Crippen molar-refractivity contribution in [2.45, 2.75) is 18.7 Å². The molecule has 3 aromatic rings. The van der Waals surface area contributed by atoms with E-state index in [4.69, 9.17) is 0 Å². The van der Waals surface area contributed by atoms with Crippen molar-refractivity contribution < 1.29 is 4.79 Å². The summed E-state index contributed by atoms with van der Waals surface area (Å²) in [6.07, 6.45) is 3.01. The normalized spacial score (nSPS) is 11.0. The minimum atomic E-state index is 0.749. The molecule has 0 aliphatic rings. The topological polar surface area (TPSA) is 32.9 Å².